The van der Waals surface area contributed by atoms with Gasteiger partial charge in [0.05, 0.1) is 6.61 Å². The minimum Gasteiger partial charge on any atom is -0.481 e. The van der Waals surface area contributed by atoms with E-state index in [9.17, 15) is 9.59 Å². The highest BCUT2D eigenvalue weighted by Crippen LogP contribution is 2.14. The van der Waals surface area contributed by atoms with Crippen LogP contribution >= 0.6 is 0 Å². The zero-order valence-electron chi connectivity index (χ0n) is 23.6. The van der Waals surface area contributed by atoms with Crippen LogP contribution in [0.3, 0.4) is 0 Å². The number of aliphatic hydroxyl groups is 1. The van der Waals surface area contributed by atoms with Gasteiger partial charge < -0.3 is 31.1 Å². The number of rotatable bonds is 19. The third kappa shape index (κ3) is 29.0. The molecule has 8 nitrogen and oxygen atoms in total. The van der Waals surface area contributed by atoms with Gasteiger partial charge in [-0.1, -0.05) is 110 Å². The Kier molecular flexibility index (Phi) is 27.5. The van der Waals surface area contributed by atoms with Crippen molar-refractivity contribution in [1.29, 1.82) is 0 Å². The molecule has 1 aliphatic heterocycles. The molecular formula is C28H58N2O6. The quantitative estimate of drug-likeness (QED) is 0.134. The molecule has 0 aromatic carbocycles. The van der Waals surface area contributed by atoms with Gasteiger partial charge >= 0.3 is 11.9 Å². The predicted octanol–water partition coefficient (Wildman–Crippen LogP) is 5.85. The van der Waals surface area contributed by atoms with Gasteiger partial charge in [-0.15, -0.1) is 0 Å². The fourth-order valence-electron chi connectivity index (χ4n) is 3.91. The second-order valence-corrected chi connectivity index (χ2v) is 9.95. The van der Waals surface area contributed by atoms with Crippen LogP contribution in [0, 0.1) is 0 Å². The highest BCUT2D eigenvalue weighted by Gasteiger charge is 2.26. The summed E-state index contributed by atoms with van der Waals surface area (Å²) >= 11 is 0. The second kappa shape index (κ2) is 26.8. The lowest BCUT2D eigenvalue weighted by atomic mass is 10.0. The van der Waals surface area contributed by atoms with E-state index in [0.717, 1.165) is 45.4 Å². The third-order valence-electron chi connectivity index (χ3n) is 6.12. The van der Waals surface area contributed by atoms with Gasteiger partial charge in [0.25, 0.3) is 0 Å². The summed E-state index contributed by atoms with van der Waals surface area (Å²) in [4.78, 5) is 19.8. The molecule has 1 rings (SSSR count). The van der Waals surface area contributed by atoms with E-state index in [-0.39, 0.29) is 5.72 Å². The van der Waals surface area contributed by atoms with E-state index in [1.807, 2.05) is 0 Å². The zero-order valence-corrected chi connectivity index (χ0v) is 23.6. The molecule has 1 aliphatic rings. The van der Waals surface area contributed by atoms with Crippen molar-refractivity contribution in [2.24, 2.45) is 5.73 Å². The summed E-state index contributed by atoms with van der Waals surface area (Å²) in [6.07, 6.45) is 21.0. The Morgan fingerprint density at radius 1 is 0.833 bits per heavy atom. The van der Waals surface area contributed by atoms with E-state index in [1.165, 1.54) is 90.4 Å². The normalized spacial score (nSPS) is 17.8. The van der Waals surface area contributed by atoms with Crippen molar-refractivity contribution in [1.82, 2.24) is 5.32 Å². The lowest BCUT2D eigenvalue weighted by Crippen LogP contribution is -2.56. The SMILES string of the molecule is CC(O)C(=O)O.CCCC1(N)CNCCO1.CCCCCCCCCCCCCCCCCC(=O)O. The number of carboxylic acid groups (broad SMARTS) is 2. The molecule has 6 N–H and O–H groups in total. The number of unbranched alkanes of at least 4 members (excludes halogenated alkanes) is 14. The maximum absolute atomic E-state index is 10.3. The van der Waals surface area contributed by atoms with Crippen LogP contribution in [0.15, 0.2) is 0 Å². The minimum atomic E-state index is -1.23. The average Bonchev–Trinajstić information content (AvgIpc) is 2.82. The van der Waals surface area contributed by atoms with Crippen LogP contribution in [-0.2, 0) is 14.3 Å². The van der Waals surface area contributed by atoms with Crippen LogP contribution in [0.2, 0.25) is 0 Å². The largest absolute Gasteiger partial charge is 0.481 e. The van der Waals surface area contributed by atoms with Crippen molar-refractivity contribution >= 4 is 11.9 Å². The number of nitrogens with one attached hydrogen (secondary N) is 1. The summed E-state index contributed by atoms with van der Waals surface area (Å²) in [5, 5.41) is 27.5. The Morgan fingerprint density at radius 3 is 1.56 bits per heavy atom. The van der Waals surface area contributed by atoms with Crippen molar-refractivity contribution in [2.45, 2.75) is 148 Å². The summed E-state index contributed by atoms with van der Waals surface area (Å²) in [6, 6.07) is 0. The highest BCUT2D eigenvalue weighted by atomic mass is 16.5. The summed E-state index contributed by atoms with van der Waals surface area (Å²) in [6.45, 7) is 8.06. The first kappa shape index (κ1) is 36.9. The van der Waals surface area contributed by atoms with Crippen molar-refractivity contribution in [3.8, 4) is 0 Å². The maximum Gasteiger partial charge on any atom is 0.332 e. The Balaban J connectivity index is 0. The molecule has 216 valence electrons. The van der Waals surface area contributed by atoms with Crippen LogP contribution in [0.4, 0.5) is 0 Å². The number of aliphatic hydroxyl groups excluding tert-OH is 1. The molecular weight excluding hydrogens is 460 g/mol. The number of nitrogens with two attached hydrogens (primary N) is 1. The fourth-order valence-corrected chi connectivity index (χ4v) is 3.91. The molecule has 0 radical (unpaired) electrons. The van der Waals surface area contributed by atoms with Crippen LogP contribution in [0.5, 0.6) is 0 Å². The number of ether oxygens (including phenoxy) is 1. The third-order valence-corrected chi connectivity index (χ3v) is 6.12. The van der Waals surface area contributed by atoms with Gasteiger partial charge in [-0.25, -0.2) is 4.79 Å². The number of hydrogen-bond donors (Lipinski definition) is 5. The van der Waals surface area contributed by atoms with E-state index >= 15 is 0 Å². The standard InChI is InChI=1S/C18H36O2.C7H16N2O.C3H6O3/c1-2-3-4-5-6-7-8-9-10-11-12-13-14-15-16-17-18(19)20;1-2-3-7(8)6-9-4-5-10-7;1-2(4)3(5)6/h2-17H2,1H3,(H,19,20);9H,2-6,8H2,1H3;2,4H,1H3,(H,5,6). The molecule has 0 saturated carbocycles. The summed E-state index contributed by atoms with van der Waals surface area (Å²) in [5.74, 6) is -1.84. The molecule has 0 aliphatic carbocycles. The van der Waals surface area contributed by atoms with Crippen LogP contribution < -0.4 is 11.1 Å². The number of carbonyl (C=O) groups is 2. The Bertz CT molecular complexity index is 491. The van der Waals surface area contributed by atoms with Crippen molar-refractivity contribution < 1.29 is 29.6 Å². The lowest BCUT2D eigenvalue weighted by Gasteiger charge is -2.33. The van der Waals surface area contributed by atoms with Gasteiger partial charge in [0.1, 0.15) is 11.8 Å². The molecule has 36 heavy (non-hydrogen) atoms. The molecule has 1 fully saturated rings. The van der Waals surface area contributed by atoms with Crippen molar-refractivity contribution in [3.63, 3.8) is 0 Å². The van der Waals surface area contributed by atoms with Gasteiger partial charge in [-0.3, -0.25) is 4.79 Å². The predicted molar refractivity (Wildman–Crippen MR) is 147 cm³/mol. The van der Waals surface area contributed by atoms with E-state index in [1.54, 1.807) is 0 Å². The molecule has 0 bridgehead atoms. The first-order chi connectivity index (χ1) is 17.2. The van der Waals surface area contributed by atoms with Crippen LogP contribution in [0.1, 0.15) is 136 Å². The lowest BCUT2D eigenvalue weighted by molar-refractivity contribution is -0.145. The van der Waals surface area contributed by atoms with Crippen LogP contribution in [0.25, 0.3) is 0 Å². The zero-order chi connectivity index (χ0) is 27.5. The average molecular weight is 519 g/mol. The monoisotopic (exact) mass is 518 g/mol. The highest BCUT2D eigenvalue weighted by molar-refractivity contribution is 5.71. The van der Waals surface area contributed by atoms with E-state index < -0.39 is 18.0 Å². The fraction of sp³-hybridized carbons (Fsp3) is 0.929. The maximum atomic E-state index is 10.3. The molecule has 8 heteroatoms. The van der Waals surface area contributed by atoms with Gasteiger partial charge in [0, 0.05) is 19.5 Å². The van der Waals surface area contributed by atoms with Crippen molar-refractivity contribution in [2.75, 3.05) is 19.7 Å². The van der Waals surface area contributed by atoms with Gasteiger partial charge in [0.2, 0.25) is 0 Å². The number of aliphatic carboxylic acids is 2. The minimum absolute atomic E-state index is 0.345. The molecule has 2 atom stereocenters. The molecule has 1 saturated heterocycles. The first-order valence-corrected chi connectivity index (χ1v) is 14.4. The topological polar surface area (TPSA) is 142 Å². The number of carboxylic acids is 2. The van der Waals surface area contributed by atoms with E-state index in [4.69, 9.17) is 25.8 Å². The summed E-state index contributed by atoms with van der Waals surface area (Å²) < 4.78 is 5.42. The Hall–Kier alpha value is -1.22. The number of hydrogen-bond acceptors (Lipinski definition) is 6. The smallest absolute Gasteiger partial charge is 0.332 e. The molecule has 2 unspecified atom stereocenters. The van der Waals surface area contributed by atoms with Gasteiger partial charge in [-0.05, 0) is 19.8 Å². The Morgan fingerprint density at radius 2 is 1.25 bits per heavy atom. The molecule has 0 amide bonds. The molecule has 0 aromatic rings. The molecule has 0 spiro atoms. The molecule has 1 heterocycles. The molecule has 0 aromatic heterocycles. The van der Waals surface area contributed by atoms with Gasteiger partial charge in [-0.2, -0.15) is 0 Å². The van der Waals surface area contributed by atoms with E-state index in [2.05, 4.69) is 19.2 Å². The van der Waals surface area contributed by atoms with Gasteiger partial charge in [0.15, 0.2) is 0 Å². The summed E-state index contributed by atoms with van der Waals surface area (Å²) in [5.41, 5.74) is 5.50. The summed E-state index contributed by atoms with van der Waals surface area (Å²) in [7, 11) is 0. The van der Waals surface area contributed by atoms with E-state index in [0.29, 0.717) is 6.42 Å². The van der Waals surface area contributed by atoms with Crippen LogP contribution in [-0.4, -0.2) is 58.8 Å². The Labute approximate surface area is 220 Å². The second-order valence-electron chi connectivity index (χ2n) is 9.95. The first-order valence-electron chi connectivity index (χ1n) is 14.4. The van der Waals surface area contributed by atoms with Crippen molar-refractivity contribution in [3.05, 3.63) is 0 Å². The number of morpholine rings is 1.